The Balaban J connectivity index is 2.30. The van der Waals surface area contributed by atoms with E-state index >= 15 is 0 Å². The molecule has 2 atom stereocenters. The zero-order valence-corrected chi connectivity index (χ0v) is 7.51. The zero-order chi connectivity index (χ0) is 10.1. The highest BCUT2D eigenvalue weighted by Crippen LogP contribution is 2.28. The van der Waals surface area contributed by atoms with Gasteiger partial charge in [-0.05, 0) is 19.4 Å². The Morgan fingerprint density at radius 2 is 2.00 bits per heavy atom. The fourth-order valence-electron chi connectivity index (χ4n) is 1.70. The largest absolute Gasteiger partial charge is 0.391 e. The van der Waals surface area contributed by atoms with Gasteiger partial charge < -0.3 is 10.0 Å². The van der Waals surface area contributed by atoms with E-state index < -0.39 is 18.7 Å². The number of nitrogens with zero attached hydrogens (tertiary/aromatic N) is 1. The molecule has 1 aliphatic rings. The van der Waals surface area contributed by atoms with Crippen molar-refractivity contribution in [2.45, 2.75) is 25.1 Å². The first-order valence-corrected chi connectivity index (χ1v) is 4.32. The number of hydrogen-bond acceptors (Lipinski definition) is 2. The van der Waals surface area contributed by atoms with E-state index in [-0.39, 0.29) is 12.3 Å². The number of halogens is 3. The van der Waals surface area contributed by atoms with Gasteiger partial charge in [0.1, 0.15) is 0 Å². The van der Waals surface area contributed by atoms with E-state index in [1.807, 2.05) is 4.90 Å². The van der Waals surface area contributed by atoms with Gasteiger partial charge in [-0.2, -0.15) is 13.2 Å². The SMILES string of the molecule is CN1C[C@@H](CCC(F)(F)F)[C@H](O)C1. The zero-order valence-electron chi connectivity index (χ0n) is 7.51. The summed E-state index contributed by atoms with van der Waals surface area (Å²) in [7, 11) is 1.80. The van der Waals surface area contributed by atoms with Crippen LogP contribution >= 0.6 is 0 Å². The van der Waals surface area contributed by atoms with Crippen molar-refractivity contribution in [1.82, 2.24) is 4.90 Å². The summed E-state index contributed by atoms with van der Waals surface area (Å²) < 4.78 is 35.5. The van der Waals surface area contributed by atoms with E-state index in [4.69, 9.17) is 0 Å². The van der Waals surface area contributed by atoms with Crippen LogP contribution in [-0.4, -0.2) is 42.4 Å². The van der Waals surface area contributed by atoms with E-state index in [0.717, 1.165) is 0 Å². The van der Waals surface area contributed by atoms with Gasteiger partial charge >= 0.3 is 6.18 Å². The summed E-state index contributed by atoms with van der Waals surface area (Å²) in [5.74, 6) is -0.216. The molecule has 1 aliphatic heterocycles. The molecular weight excluding hydrogens is 183 g/mol. The lowest BCUT2D eigenvalue weighted by molar-refractivity contribution is -0.138. The molecule has 1 saturated heterocycles. The van der Waals surface area contributed by atoms with E-state index in [1.54, 1.807) is 7.05 Å². The summed E-state index contributed by atoms with van der Waals surface area (Å²) in [6, 6.07) is 0. The highest BCUT2D eigenvalue weighted by atomic mass is 19.4. The summed E-state index contributed by atoms with van der Waals surface area (Å²) in [5.41, 5.74) is 0. The van der Waals surface area contributed by atoms with Crippen LogP contribution in [0.3, 0.4) is 0 Å². The normalized spacial score (nSPS) is 31.2. The van der Waals surface area contributed by atoms with Gasteiger partial charge in [0.2, 0.25) is 0 Å². The average molecular weight is 197 g/mol. The smallest absolute Gasteiger partial charge is 0.389 e. The van der Waals surface area contributed by atoms with Crippen LogP contribution in [0.1, 0.15) is 12.8 Å². The number of likely N-dealkylation sites (tertiary alicyclic amines) is 1. The quantitative estimate of drug-likeness (QED) is 0.720. The van der Waals surface area contributed by atoms with E-state index in [2.05, 4.69) is 0 Å². The van der Waals surface area contributed by atoms with Crippen LogP contribution in [0.25, 0.3) is 0 Å². The molecule has 5 heteroatoms. The molecule has 0 bridgehead atoms. The molecule has 0 aromatic carbocycles. The Hall–Kier alpha value is -0.290. The Kier molecular flexibility index (Phi) is 3.18. The summed E-state index contributed by atoms with van der Waals surface area (Å²) >= 11 is 0. The Bertz CT molecular complexity index is 171. The number of likely N-dealkylation sites (N-methyl/N-ethyl adjacent to an activating group) is 1. The lowest BCUT2D eigenvalue weighted by atomic mass is 10.0. The molecule has 0 amide bonds. The van der Waals surface area contributed by atoms with Gasteiger partial charge in [0, 0.05) is 19.5 Å². The van der Waals surface area contributed by atoms with E-state index in [0.29, 0.717) is 13.1 Å². The first-order chi connectivity index (χ1) is 5.88. The summed E-state index contributed by atoms with van der Waals surface area (Å²) in [5, 5.41) is 9.35. The number of alkyl halides is 3. The van der Waals surface area contributed by atoms with Gasteiger partial charge in [-0.3, -0.25) is 0 Å². The Morgan fingerprint density at radius 3 is 2.38 bits per heavy atom. The van der Waals surface area contributed by atoms with Crippen molar-refractivity contribution < 1.29 is 18.3 Å². The maximum Gasteiger partial charge on any atom is 0.389 e. The number of aliphatic hydroxyl groups excluding tert-OH is 1. The Morgan fingerprint density at radius 1 is 1.38 bits per heavy atom. The number of rotatable bonds is 2. The predicted octanol–water partition coefficient (Wildman–Crippen LogP) is 1.25. The minimum absolute atomic E-state index is 0.0367. The second-order valence-corrected chi connectivity index (χ2v) is 3.70. The fourth-order valence-corrected chi connectivity index (χ4v) is 1.70. The number of hydrogen-bond donors (Lipinski definition) is 1. The van der Waals surface area contributed by atoms with Crippen molar-refractivity contribution >= 4 is 0 Å². The van der Waals surface area contributed by atoms with Crippen LogP contribution < -0.4 is 0 Å². The van der Waals surface area contributed by atoms with Crippen molar-refractivity contribution in [1.29, 1.82) is 0 Å². The summed E-state index contributed by atoms with van der Waals surface area (Å²) in [4.78, 5) is 1.85. The summed E-state index contributed by atoms with van der Waals surface area (Å²) in [6.45, 7) is 1.06. The van der Waals surface area contributed by atoms with Crippen molar-refractivity contribution in [2.24, 2.45) is 5.92 Å². The number of aliphatic hydroxyl groups is 1. The lowest BCUT2D eigenvalue weighted by Crippen LogP contribution is -2.20. The lowest BCUT2D eigenvalue weighted by Gasteiger charge is -2.14. The molecule has 0 saturated carbocycles. The Labute approximate surface area is 75.3 Å². The molecule has 0 spiro atoms. The molecule has 1 rings (SSSR count). The fraction of sp³-hybridized carbons (Fsp3) is 1.00. The molecule has 2 nitrogen and oxygen atoms in total. The van der Waals surface area contributed by atoms with E-state index in [1.165, 1.54) is 0 Å². The molecule has 0 aromatic rings. The molecule has 78 valence electrons. The van der Waals surface area contributed by atoms with Crippen molar-refractivity contribution in [3.8, 4) is 0 Å². The minimum Gasteiger partial charge on any atom is -0.391 e. The highest BCUT2D eigenvalue weighted by Gasteiger charge is 2.34. The monoisotopic (exact) mass is 197 g/mol. The van der Waals surface area contributed by atoms with Crippen molar-refractivity contribution in [2.75, 3.05) is 20.1 Å². The second kappa shape index (κ2) is 3.84. The maximum absolute atomic E-state index is 11.8. The van der Waals surface area contributed by atoms with Gasteiger partial charge in [0.25, 0.3) is 0 Å². The standard InChI is InChI=1S/C8H14F3NO/c1-12-4-6(7(13)5-12)2-3-8(9,10)11/h6-7,13H,2-5H2,1H3/t6-,7-/m1/s1. The molecule has 1 fully saturated rings. The molecule has 0 aromatic heterocycles. The third-order valence-electron chi connectivity index (χ3n) is 2.39. The summed E-state index contributed by atoms with van der Waals surface area (Å²) in [6.07, 6.45) is -5.44. The topological polar surface area (TPSA) is 23.5 Å². The first-order valence-electron chi connectivity index (χ1n) is 4.32. The molecular formula is C8H14F3NO. The van der Waals surface area contributed by atoms with E-state index in [9.17, 15) is 18.3 Å². The van der Waals surface area contributed by atoms with Crippen LogP contribution in [0.15, 0.2) is 0 Å². The first kappa shape index (κ1) is 10.8. The molecule has 1 N–H and O–H groups in total. The van der Waals surface area contributed by atoms with Crippen LogP contribution in [-0.2, 0) is 0 Å². The van der Waals surface area contributed by atoms with Crippen molar-refractivity contribution in [3.05, 3.63) is 0 Å². The van der Waals surface area contributed by atoms with Gasteiger partial charge in [-0.1, -0.05) is 0 Å². The van der Waals surface area contributed by atoms with Gasteiger partial charge in [-0.25, -0.2) is 0 Å². The third-order valence-corrected chi connectivity index (χ3v) is 2.39. The van der Waals surface area contributed by atoms with Crippen LogP contribution in [0.2, 0.25) is 0 Å². The number of β-amino-alcohol motifs (C(OH)–C–C–N with tert-alkyl or cyclic N) is 1. The van der Waals surface area contributed by atoms with Crippen LogP contribution in [0.5, 0.6) is 0 Å². The highest BCUT2D eigenvalue weighted by molar-refractivity contribution is 4.82. The predicted molar refractivity (Wildman–Crippen MR) is 42.3 cm³/mol. The molecule has 0 unspecified atom stereocenters. The average Bonchev–Trinajstić information content (AvgIpc) is 2.24. The minimum atomic E-state index is -4.10. The van der Waals surface area contributed by atoms with Gasteiger partial charge in [0.15, 0.2) is 0 Å². The van der Waals surface area contributed by atoms with Crippen LogP contribution in [0, 0.1) is 5.92 Å². The molecule has 0 aliphatic carbocycles. The molecule has 0 radical (unpaired) electrons. The second-order valence-electron chi connectivity index (χ2n) is 3.70. The van der Waals surface area contributed by atoms with Gasteiger partial charge in [0.05, 0.1) is 6.10 Å². The molecule has 1 heterocycles. The molecule has 13 heavy (non-hydrogen) atoms. The maximum atomic E-state index is 11.8. The third kappa shape index (κ3) is 3.52. The van der Waals surface area contributed by atoms with Crippen molar-refractivity contribution in [3.63, 3.8) is 0 Å². The van der Waals surface area contributed by atoms with Crippen LogP contribution in [0.4, 0.5) is 13.2 Å². The van der Waals surface area contributed by atoms with Gasteiger partial charge in [-0.15, -0.1) is 0 Å².